The molecular formula is C12H15N5O3. The van der Waals surface area contributed by atoms with Crippen molar-refractivity contribution in [2.45, 2.75) is 6.54 Å². The molecule has 8 nitrogen and oxygen atoms in total. The Morgan fingerprint density at radius 3 is 2.70 bits per heavy atom. The molecule has 3 amide bonds. The van der Waals surface area contributed by atoms with Crippen LogP contribution in [0.4, 0.5) is 4.79 Å². The Hall–Kier alpha value is -2.61. The highest BCUT2D eigenvalue weighted by atomic mass is 16.2. The van der Waals surface area contributed by atoms with Crippen LogP contribution in [0.1, 0.15) is 10.4 Å². The van der Waals surface area contributed by atoms with E-state index in [0.29, 0.717) is 24.1 Å². The largest absolute Gasteiger partial charge is 0.351 e. The molecule has 0 saturated heterocycles. The lowest BCUT2D eigenvalue weighted by Gasteiger charge is -2.12. The zero-order valence-electron chi connectivity index (χ0n) is 10.9. The molecule has 0 aliphatic rings. The minimum absolute atomic E-state index is 0.267. The Balaban J connectivity index is 2.52. The highest BCUT2D eigenvalue weighted by molar-refractivity contribution is 6.05. The zero-order chi connectivity index (χ0) is 14.9. The SMILES string of the molecule is CN(C(N)=O)C(=O)c1ccc2[nH]c(=O)n(CCN)c2c1. The van der Waals surface area contributed by atoms with E-state index >= 15 is 0 Å². The molecule has 0 bridgehead atoms. The number of aromatic amines is 1. The van der Waals surface area contributed by atoms with Crippen molar-refractivity contribution >= 4 is 23.0 Å². The Labute approximate surface area is 114 Å². The summed E-state index contributed by atoms with van der Waals surface area (Å²) in [6, 6.07) is 3.81. The molecule has 106 valence electrons. The second-order valence-corrected chi connectivity index (χ2v) is 4.30. The van der Waals surface area contributed by atoms with Gasteiger partial charge in [0.1, 0.15) is 0 Å². The number of nitrogens with one attached hydrogen (secondary N) is 1. The Kier molecular flexibility index (Phi) is 3.57. The van der Waals surface area contributed by atoms with Crippen molar-refractivity contribution < 1.29 is 9.59 Å². The van der Waals surface area contributed by atoms with Gasteiger partial charge in [0.05, 0.1) is 11.0 Å². The van der Waals surface area contributed by atoms with E-state index in [-0.39, 0.29) is 11.3 Å². The van der Waals surface area contributed by atoms with E-state index < -0.39 is 11.9 Å². The van der Waals surface area contributed by atoms with Crippen molar-refractivity contribution in [3.8, 4) is 0 Å². The fraction of sp³-hybridized carbons (Fsp3) is 0.250. The molecule has 0 spiro atoms. The number of amides is 3. The molecule has 0 radical (unpaired) electrons. The molecule has 1 aromatic carbocycles. The highest BCUT2D eigenvalue weighted by Crippen LogP contribution is 2.14. The van der Waals surface area contributed by atoms with Crippen LogP contribution < -0.4 is 17.2 Å². The van der Waals surface area contributed by atoms with Crippen LogP contribution in [0.25, 0.3) is 11.0 Å². The van der Waals surface area contributed by atoms with Gasteiger partial charge in [-0.3, -0.25) is 14.3 Å². The van der Waals surface area contributed by atoms with Crippen LogP contribution in [0.15, 0.2) is 23.0 Å². The predicted molar refractivity (Wildman–Crippen MR) is 73.3 cm³/mol. The van der Waals surface area contributed by atoms with Gasteiger partial charge in [-0.15, -0.1) is 0 Å². The summed E-state index contributed by atoms with van der Waals surface area (Å²) in [6.07, 6.45) is 0. The second-order valence-electron chi connectivity index (χ2n) is 4.30. The molecule has 2 rings (SSSR count). The third-order valence-electron chi connectivity index (χ3n) is 3.01. The van der Waals surface area contributed by atoms with Crippen molar-refractivity contribution in [3.63, 3.8) is 0 Å². The summed E-state index contributed by atoms with van der Waals surface area (Å²) in [5.41, 5.74) is 11.6. The van der Waals surface area contributed by atoms with Crippen molar-refractivity contribution in [2.24, 2.45) is 11.5 Å². The Bertz CT molecular complexity index is 730. The van der Waals surface area contributed by atoms with E-state index in [1.165, 1.54) is 23.7 Å². The molecule has 0 aliphatic heterocycles. The first kappa shape index (κ1) is 13.8. The first-order valence-electron chi connectivity index (χ1n) is 5.96. The maximum Gasteiger partial charge on any atom is 0.326 e. The monoisotopic (exact) mass is 277 g/mol. The molecule has 1 aromatic heterocycles. The summed E-state index contributed by atoms with van der Waals surface area (Å²) in [4.78, 5) is 38.2. The lowest BCUT2D eigenvalue weighted by molar-refractivity contribution is 0.0838. The van der Waals surface area contributed by atoms with Gasteiger partial charge in [-0.25, -0.2) is 9.59 Å². The number of rotatable bonds is 3. The molecular weight excluding hydrogens is 262 g/mol. The van der Waals surface area contributed by atoms with Crippen molar-refractivity contribution in [3.05, 3.63) is 34.2 Å². The second kappa shape index (κ2) is 5.17. The van der Waals surface area contributed by atoms with Gasteiger partial charge in [0.15, 0.2) is 0 Å². The van der Waals surface area contributed by atoms with Crippen LogP contribution in [-0.4, -0.2) is 40.0 Å². The van der Waals surface area contributed by atoms with Crippen molar-refractivity contribution in [1.29, 1.82) is 0 Å². The Morgan fingerprint density at radius 2 is 2.10 bits per heavy atom. The molecule has 0 unspecified atom stereocenters. The number of fused-ring (bicyclic) bond motifs is 1. The molecule has 0 atom stereocenters. The normalized spacial score (nSPS) is 10.7. The maximum atomic E-state index is 12.0. The van der Waals surface area contributed by atoms with Gasteiger partial charge >= 0.3 is 11.7 Å². The van der Waals surface area contributed by atoms with Gasteiger partial charge in [-0.2, -0.15) is 0 Å². The first-order chi connectivity index (χ1) is 9.45. The van der Waals surface area contributed by atoms with E-state index in [9.17, 15) is 14.4 Å². The number of carbonyl (C=O) groups is 2. The number of urea groups is 1. The minimum Gasteiger partial charge on any atom is -0.351 e. The number of imide groups is 1. The van der Waals surface area contributed by atoms with Gasteiger partial charge < -0.3 is 16.5 Å². The number of primary amides is 1. The molecule has 5 N–H and O–H groups in total. The standard InChI is InChI=1S/C12H15N5O3/c1-16(11(14)19)10(18)7-2-3-8-9(6-7)17(5-4-13)12(20)15-8/h2-3,6H,4-5,13H2,1H3,(H2,14,19)(H,15,20). The average Bonchev–Trinajstić information content (AvgIpc) is 2.73. The third-order valence-corrected chi connectivity index (χ3v) is 3.01. The summed E-state index contributed by atoms with van der Waals surface area (Å²) in [5, 5.41) is 0. The summed E-state index contributed by atoms with van der Waals surface area (Å²) >= 11 is 0. The van der Waals surface area contributed by atoms with E-state index in [2.05, 4.69) is 4.98 Å². The predicted octanol–water partition coefficient (Wildman–Crippen LogP) is -0.561. The number of nitrogens with two attached hydrogens (primary N) is 2. The van der Waals surface area contributed by atoms with E-state index in [4.69, 9.17) is 11.5 Å². The molecule has 0 fully saturated rings. The lowest BCUT2D eigenvalue weighted by atomic mass is 10.2. The van der Waals surface area contributed by atoms with E-state index in [0.717, 1.165) is 4.90 Å². The van der Waals surface area contributed by atoms with Gasteiger partial charge in [0, 0.05) is 25.7 Å². The summed E-state index contributed by atoms with van der Waals surface area (Å²) in [5.74, 6) is -0.535. The zero-order valence-corrected chi connectivity index (χ0v) is 10.9. The van der Waals surface area contributed by atoms with E-state index in [1.54, 1.807) is 6.07 Å². The first-order valence-corrected chi connectivity index (χ1v) is 5.96. The number of nitrogens with zero attached hydrogens (tertiary/aromatic N) is 2. The average molecular weight is 277 g/mol. The molecule has 0 aliphatic carbocycles. The van der Waals surface area contributed by atoms with Gasteiger partial charge in [-0.05, 0) is 18.2 Å². The summed E-state index contributed by atoms with van der Waals surface area (Å²) < 4.78 is 1.44. The van der Waals surface area contributed by atoms with E-state index in [1.807, 2.05) is 0 Å². The Morgan fingerprint density at radius 1 is 1.40 bits per heavy atom. The topological polar surface area (TPSA) is 127 Å². The molecule has 2 aromatic rings. The number of benzene rings is 1. The molecule has 1 heterocycles. The van der Waals surface area contributed by atoms with Crippen LogP contribution in [0, 0.1) is 0 Å². The number of carbonyl (C=O) groups excluding carboxylic acids is 2. The number of H-pyrrole nitrogens is 1. The lowest BCUT2D eigenvalue weighted by Crippen LogP contribution is -2.37. The summed E-state index contributed by atoms with van der Waals surface area (Å²) in [7, 11) is 1.29. The third kappa shape index (κ3) is 2.28. The maximum absolute atomic E-state index is 12.0. The highest BCUT2D eigenvalue weighted by Gasteiger charge is 2.17. The number of hydrogen-bond donors (Lipinski definition) is 3. The smallest absolute Gasteiger partial charge is 0.326 e. The fourth-order valence-electron chi connectivity index (χ4n) is 1.93. The van der Waals surface area contributed by atoms with Crippen LogP contribution >= 0.6 is 0 Å². The molecule has 8 heteroatoms. The van der Waals surface area contributed by atoms with Gasteiger partial charge in [0.2, 0.25) is 0 Å². The molecule has 0 saturated carbocycles. The number of imidazole rings is 1. The van der Waals surface area contributed by atoms with Crippen molar-refractivity contribution in [1.82, 2.24) is 14.5 Å². The minimum atomic E-state index is -0.844. The molecule has 20 heavy (non-hydrogen) atoms. The quantitative estimate of drug-likeness (QED) is 0.694. The van der Waals surface area contributed by atoms with Crippen LogP contribution in [-0.2, 0) is 6.54 Å². The number of hydrogen-bond acceptors (Lipinski definition) is 4. The fourth-order valence-corrected chi connectivity index (χ4v) is 1.93. The van der Waals surface area contributed by atoms with Crippen LogP contribution in [0.2, 0.25) is 0 Å². The summed E-state index contributed by atoms with van der Waals surface area (Å²) in [6.45, 7) is 0.633. The van der Waals surface area contributed by atoms with Crippen LogP contribution in [0.3, 0.4) is 0 Å². The van der Waals surface area contributed by atoms with Gasteiger partial charge in [0.25, 0.3) is 5.91 Å². The number of aromatic nitrogens is 2. The van der Waals surface area contributed by atoms with Gasteiger partial charge in [-0.1, -0.05) is 0 Å². The van der Waals surface area contributed by atoms with Crippen LogP contribution in [0.5, 0.6) is 0 Å². The van der Waals surface area contributed by atoms with Crippen molar-refractivity contribution in [2.75, 3.05) is 13.6 Å².